The van der Waals surface area contributed by atoms with Crippen LogP contribution in [0.4, 0.5) is 0 Å². The van der Waals surface area contributed by atoms with Crippen LogP contribution in [0.25, 0.3) is 21.7 Å². The van der Waals surface area contributed by atoms with Gasteiger partial charge in [-0.3, -0.25) is 0 Å². The van der Waals surface area contributed by atoms with E-state index in [0.29, 0.717) is 28.3 Å². The molecule has 0 saturated carbocycles. The van der Waals surface area contributed by atoms with E-state index < -0.39 is 0 Å². The second kappa shape index (κ2) is 12.7. The maximum absolute atomic E-state index is 10.7. The minimum Gasteiger partial charge on any atom is -0.362 e. The zero-order valence-electron chi connectivity index (χ0n) is 29.5. The summed E-state index contributed by atoms with van der Waals surface area (Å²) in [6, 6.07) is 14.9. The molecule has 10 rings (SSSR count). The van der Waals surface area contributed by atoms with Crippen LogP contribution in [-0.2, 0) is 0 Å². The standard InChI is InChI=1S/C46H42N4S2/c1-26-6-4-11-34-37-20-27(23-47)12-17-40(37)50(43(26)34)44-31(25-49)8-5-10-33(44)29-14-19-42-39(22-29)36-16-15-35-38-21-28(32-9-3-2-7-30(32)24-48)13-18-41(38)51-45(35)46(36)52-42/h4-5,8,10-11,13-16,18-21,26,29,31,36-37,39-40,42,44,46H,2-3,6-7,9,12,17,22H2,1H3. The Bertz CT molecular complexity index is 2270. The lowest BCUT2D eigenvalue weighted by molar-refractivity contribution is 0.154. The van der Waals surface area contributed by atoms with Gasteiger partial charge in [-0.25, -0.2) is 0 Å². The minimum absolute atomic E-state index is 0.00292. The smallest absolute Gasteiger partial charge is 0.0950 e. The predicted octanol–water partition coefficient (Wildman–Crippen LogP) is 11.1. The average Bonchev–Trinajstić information content (AvgIpc) is 3.86. The van der Waals surface area contributed by atoms with E-state index in [-0.39, 0.29) is 29.8 Å². The Kier molecular flexibility index (Phi) is 7.90. The van der Waals surface area contributed by atoms with E-state index in [1.165, 1.54) is 48.5 Å². The third kappa shape index (κ3) is 4.89. The molecule has 6 heteroatoms. The van der Waals surface area contributed by atoms with Crippen LogP contribution in [0.15, 0.2) is 101 Å². The van der Waals surface area contributed by atoms with Gasteiger partial charge in [0, 0.05) is 60.2 Å². The maximum atomic E-state index is 10.7. The molecule has 10 atom stereocenters. The molecule has 8 aliphatic rings. The summed E-state index contributed by atoms with van der Waals surface area (Å²) in [6.45, 7) is 2.35. The minimum atomic E-state index is -0.210. The Morgan fingerprint density at radius 3 is 2.73 bits per heavy atom. The number of hydrogen-bond donors (Lipinski definition) is 0. The van der Waals surface area contributed by atoms with Crippen LogP contribution < -0.4 is 0 Å². The van der Waals surface area contributed by atoms with Crippen molar-refractivity contribution < 1.29 is 0 Å². The highest BCUT2D eigenvalue weighted by molar-refractivity contribution is 8.00. The van der Waals surface area contributed by atoms with E-state index in [1.54, 1.807) is 0 Å². The van der Waals surface area contributed by atoms with Crippen molar-refractivity contribution in [2.24, 2.45) is 35.5 Å². The first kappa shape index (κ1) is 32.4. The second-order valence-electron chi connectivity index (χ2n) is 16.1. The third-order valence-electron chi connectivity index (χ3n) is 13.4. The molecule has 0 radical (unpaired) electrons. The van der Waals surface area contributed by atoms with E-state index >= 15 is 0 Å². The van der Waals surface area contributed by atoms with Crippen molar-refractivity contribution in [2.45, 2.75) is 80.9 Å². The van der Waals surface area contributed by atoms with Crippen LogP contribution in [-0.4, -0.2) is 22.2 Å². The van der Waals surface area contributed by atoms with Crippen molar-refractivity contribution in [3.63, 3.8) is 0 Å². The molecule has 1 fully saturated rings. The molecule has 52 heavy (non-hydrogen) atoms. The van der Waals surface area contributed by atoms with Gasteiger partial charge in [-0.1, -0.05) is 73.8 Å². The molecule has 3 heterocycles. The molecule has 1 aromatic carbocycles. The number of benzene rings is 1. The first-order valence-corrected chi connectivity index (χ1v) is 21.1. The van der Waals surface area contributed by atoms with Crippen LogP contribution in [0, 0.1) is 69.5 Å². The van der Waals surface area contributed by atoms with Crippen LogP contribution in [0.2, 0.25) is 0 Å². The predicted molar refractivity (Wildman–Crippen MR) is 212 cm³/mol. The molecule has 0 spiro atoms. The lowest BCUT2D eigenvalue weighted by Crippen LogP contribution is -2.49. The van der Waals surface area contributed by atoms with Crippen LogP contribution >= 0.6 is 23.1 Å². The van der Waals surface area contributed by atoms with Gasteiger partial charge in [-0.05, 0) is 109 Å². The Balaban J connectivity index is 0.965. The largest absolute Gasteiger partial charge is 0.362 e. The maximum Gasteiger partial charge on any atom is 0.0950 e. The quantitative estimate of drug-likeness (QED) is 0.296. The number of fused-ring (bicyclic) bond motifs is 9. The normalized spacial score (nSPS) is 35.5. The summed E-state index contributed by atoms with van der Waals surface area (Å²) >= 11 is 4.14. The lowest BCUT2D eigenvalue weighted by atomic mass is 9.70. The van der Waals surface area contributed by atoms with Gasteiger partial charge in [0.1, 0.15) is 0 Å². The zero-order chi connectivity index (χ0) is 35.1. The summed E-state index contributed by atoms with van der Waals surface area (Å²) in [5.74, 6) is 1.71. The summed E-state index contributed by atoms with van der Waals surface area (Å²) in [7, 11) is 0. The van der Waals surface area contributed by atoms with E-state index in [2.05, 4.69) is 121 Å². The first-order valence-electron chi connectivity index (χ1n) is 19.3. The van der Waals surface area contributed by atoms with E-state index in [4.69, 9.17) is 0 Å². The fourth-order valence-corrected chi connectivity index (χ4v) is 14.3. The topological polar surface area (TPSA) is 74.6 Å². The molecular formula is C46H42N4S2. The van der Waals surface area contributed by atoms with Crippen molar-refractivity contribution in [1.29, 1.82) is 15.8 Å². The summed E-state index contributed by atoms with van der Waals surface area (Å²) in [5, 5.41) is 32.6. The van der Waals surface area contributed by atoms with Gasteiger partial charge in [0.2, 0.25) is 0 Å². The molecule has 6 aliphatic carbocycles. The number of nitrogens with zero attached hydrogens (tertiary/aromatic N) is 4. The highest BCUT2D eigenvalue weighted by Crippen LogP contribution is 2.62. The monoisotopic (exact) mass is 714 g/mol. The molecular weight excluding hydrogens is 673 g/mol. The Morgan fingerprint density at radius 1 is 0.962 bits per heavy atom. The van der Waals surface area contributed by atoms with Gasteiger partial charge in [0.25, 0.3) is 0 Å². The molecule has 0 N–H and O–H groups in total. The molecule has 1 aromatic heterocycles. The van der Waals surface area contributed by atoms with Crippen molar-refractivity contribution >= 4 is 44.8 Å². The molecule has 2 aromatic rings. The van der Waals surface area contributed by atoms with Crippen molar-refractivity contribution in [2.75, 3.05) is 0 Å². The molecule has 4 nitrogen and oxygen atoms in total. The Labute approximate surface area is 315 Å². The summed E-state index contributed by atoms with van der Waals surface area (Å²) in [5.41, 5.74) is 9.95. The SMILES string of the molecule is CC1CC=CC2=C1N(C1C(C3C=CC4SC5c6sc7ccc(C8=C(C#N)CCCC8)cc7c6C=CC5C4C3)=CC=CC1C#N)C1CCC(C#N)=CC21. The number of thiophene rings is 1. The van der Waals surface area contributed by atoms with Gasteiger partial charge < -0.3 is 4.90 Å². The second-order valence-corrected chi connectivity index (χ2v) is 18.5. The van der Waals surface area contributed by atoms with Crippen molar-refractivity contribution in [1.82, 2.24) is 4.90 Å². The summed E-state index contributed by atoms with van der Waals surface area (Å²) < 4.78 is 1.35. The average molecular weight is 715 g/mol. The highest BCUT2D eigenvalue weighted by Gasteiger charge is 2.51. The number of thioether (sulfide) groups is 1. The number of nitriles is 3. The summed E-state index contributed by atoms with van der Waals surface area (Å²) in [6.07, 6.45) is 31.5. The van der Waals surface area contributed by atoms with Crippen LogP contribution in [0.3, 0.4) is 0 Å². The zero-order valence-corrected chi connectivity index (χ0v) is 31.2. The number of hydrogen-bond acceptors (Lipinski definition) is 6. The van der Waals surface area contributed by atoms with Gasteiger partial charge in [-0.15, -0.1) is 23.1 Å². The Hall–Kier alpha value is -4.28. The number of allylic oxidation sites excluding steroid dienone is 10. The van der Waals surface area contributed by atoms with Crippen molar-refractivity contribution in [3.05, 3.63) is 117 Å². The lowest BCUT2D eigenvalue weighted by Gasteiger charge is -2.46. The van der Waals surface area contributed by atoms with Crippen molar-refractivity contribution in [3.8, 4) is 18.2 Å². The van der Waals surface area contributed by atoms with Crippen LogP contribution in [0.5, 0.6) is 0 Å². The van der Waals surface area contributed by atoms with Gasteiger partial charge in [-0.2, -0.15) is 15.8 Å². The number of rotatable bonds is 3. The Morgan fingerprint density at radius 2 is 1.87 bits per heavy atom. The fourth-order valence-electron chi connectivity index (χ4n) is 11.1. The van der Waals surface area contributed by atoms with Gasteiger partial charge >= 0.3 is 0 Å². The van der Waals surface area contributed by atoms with E-state index in [9.17, 15) is 15.8 Å². The summed E-state index contributed by atoms with van der Waals surface area (Å²) in [4.78, 5) is 4.21. The molecule has 2 aliphatic heterocycles. The van der Waals surface area contributed by atoms with Gasteiger partial charge in [0.15, 0.2) is 0 Å². The molecule has 258 valence electrons. The molecule has 10 unspecified atom stereocenters. The first-order chi connectivity index (χ1) is 25.6. The third-order valence-corrected chi connectivity index (χ3v) is 16.5. The molecule has 0 amide bonds. The van der Waals surface area contributed by atoms with E-state index in [1.807, 2.05) is 11.3 Å². The fraction of sp³-hybridized carbons (Fsp3) is 0.413. The van der Waals surface area contributed by atoms with E-state index in [0.717, 1.165) is 62.5 Å². The van der Waals surface area contributed by atoms with Gasteiger partial charge in [0.05, 0.1) is 30.2 Å². The molecule has 1 saturated heterocycles. The highest BCUT2D eigenvalue weighted by atomic mass is 32.2. The van der Waals surface area contributed by atoms with Crippen LogP contribution in [0.1, 0.15) is 79.5 Å². The molecule has 0 bridgehead atoms.